The van der Waals surface area contributed by atoms with Crippen LogP contribution in [0, 0.1) is 5.82 Å². The zero-order valence-corrected chi connectivity index (χ0v) is 21.7. The van der Waals surface area contributed by atoms with Crippen molar-refractivity contribution >= 4 is 46.0 Å². The maximum atomic E-state index is 13.6. The van der Waals surface area contributed by atoms with Crippen molar-refractivity contribution in [3.63, 3.8) is 0 Å². The van der Waals surface area contributed by atoms with Crippen LogP contribution in [0.25, 0.3) is 10.8 Å². The van der Waals surface area contributed by atoms with E-state index in [1.807, 2.05) is 6.07 Å². The first kappa shape index (κ1) is 27.8. The minimum atomic E-state index is -4.89. The van der Waals surface area contributed by atoms with E-state index in [2.05, 4.69) is 20.6 Å². The Morgan fingerprint density at radius 1 is 0.923 bits per heavy atom. The number of halogens is 4. The first-order valence-corrected chi connectivity index (χ1v) is 12.3. The highest BCUT2D eigenvalue weighted by molar-refractivity contribution is 7.99. The maximum absolute atomic E-state index is 13.6. The number of hydrogen-bond donors (Lipinski definition) is 2. The van der Waals surface area contributed by atoms with Crippen LogP contribution in [-0.4, -0.2) is 27.6 Å². The Morgan fingerprint density at radius 3 is 2.41 bits per heavy atom. The molecule has 4 aromatic rings. The lowest BCUT2D eigenvalue weighted by Crippen LogP contribution is -2.27. The number of nitrogens with zero attached hydrogens (tertiary/aromatic N) is 2. The molecule has 0 fully saturated rings. The highest BCUT2D eigenvalue weighted by Gasteiger charge is 2.34. The van der Waals surface area contributed by atoms with Crippen molar-refractivity contribution in [1.82, 2.24) is 9.97 Å². The van der Waals surface area contributed by atoms with Crippen LogP contribution in [0.3, 0.4) is 0 Å². The van der Waals surface area contributed by atoms with Gasteiger partial charge in [-0.25, -0.2) is 19.2 Å². The van der Waals surface area contributed by atoms with Crippen LogP contribution in [0.1, 0.15) is 36.7 Å². The quantitative estimate of drug-likeness (QED) is 0.194. The van der Waals surface area contributed by atoms with E-state index in [-0.39, 0.29) is 17.1 Å². The number of rotatable bonds is 5. The molecule has 0 saturated heterocycles. The predicted molar refractivity (Wildman–Crippen MR) is 139 cm³/mol. The van der Waals surface area contributed by atoms with Crippen molar-refractivity contribution in [3.8, 4) is 0 Å². The SMILES string of the molecule is CC(C)(C)OC(=O)Nc1cc(Sc2ccc3c(C(=O)Nc4ccc(F)c(C(F)(F)F)c4)cccc3c2)ncn1. The van der Waals surface area contributed by atoms with Crippen LogP contribution in [0.2, 0.25) is 0 Å². The monoisotopic (exact) mass is 558 g/mol. The highest BCUT2D eigenvalue weighted by atomic mass is 32.2. The highest BCUT2D eigenvalue weighted by Crippen LogP contribution is 2.34. The van der Waals surface area contributed by atoms with Gasteiger partial charge in [0.05, 0.1) is 5.56 Å². The topological polar surface area (TPSA) is 93.2 Å². The Kier molecular flexibility index (Phi) is 7.77. The number of hydrogen-bond acceptors (Lipinski definition) is 6. The molecule has 3 aromatic carbocycles. The largest absolute Gasteiger partial charge is 0.444 e. The van der Waals surface area contributed by atoms with Gasteiger partial charge < -0.3 is 10.1 Å². The van der Waals surface area contributed by atoms with E-state index in [9.17, 15) is 27.2 Å². The molecule has 202 valence electrons. The number of carbonyl (C=O) groups is 2. The van der Waals surface area contributed by atoms with Gasteiger partial charge in [-0.05, 0) is 67.9 Å². The van der Waals surface area contributed by atoms with Crippen LogP contribution in [0.4, 0.5) is 33.9 Å². The molecule has 7 nitrogen and oxygen atoms in total. The molecule has 1 heterocycles. The Bertz CT molecular complexity index is 1550. The summed E-state index contributed by atoms with van der Waals surface area (Å²) < 4.78 is 57.9. The average molecular weight is 559 g/mol. The summed E-state index contributed by atoms with van der Waals surface area (Å²) in [5, 5.41) is 6.77. The molecule has 0 aliphatic carbocycles. The standard InChI is InChI=1S/C27H22F4N4O3S/c1-26(2,3)38-25(37)35-22-13-23(33-14-32-22)39-17-8-9-18-15(11-17)5-4-6-19(18)24(36)34-16-7-10-21(28)20(12-16)27(29,30)31/h4-14H,1-3H3,(H,34,36)(H,32,33,35,37). The Labute approximate surface area is 225 Å². The van der Waals surface area contributed by atoms with E-state index in [0.717, 1.165) is 11.0 Å². The summed E-state index contributed by atoms with van der Waals surface area (Å²) in [7, 11) is 0. The molecule has 0 spiro atoms. The van der Waals surface area contributed by atoms with Gasteiger partial charge >= 0.3 is 12.3 Å². The molecule has 0 radical (unpaired) electrons. The fourth-order valence-corrected chi connectivity index (χ4v) is 4.37. The third-order valence-electron chi connectivity index (χ3n) is 5.12. The molecule has 0 saturated carbocycles. The average Bonchev–Trinajstić information content (AvgIpc) is 2.83. The normalized spacial score (nSPS) is 11.8. The van der Waals surface area contributed by atoms with Crippen LogP contribution in [-0.2, 0) is 10.9 Å². The lowest BCUT2D eigenvalue weighted by Gasteiger charge is -2.19. The van der Waals surface area contributed by atoms with Gasteiger partial charge in [0, 0.05) is 22.2 Å². The van der Waals surface area contributed by atoms with Gasteiger partial charge in [-0.2, -0.15) is 13.2 Å². The second-order valence-electron chi connectivity index (χ2n) is 9.31. The van der Waals surface area contributed by atoms with E-state index in [0.29, 0.717) is 27.9 Å². The van der Waals surface area contributed by atoms with Crippen LogP contribution >= 0.6 is 11.8 Å². The number of anilines is 2. The number of fused-ring (bicyclic) bond motifs is 1. The van der Waals surface area contributed by atoms with Gasteiger partial charge in [-0.1, -0.05) is 30.0 Å². The number of ether oxygens (including phenoxy) is 1. The third-order valence-corrected chi connectivity index (χ3v) is 6.04. The molecule has 39 heavy (non-hydrogen) atoms. The summed E-state index contributed by atoms with van der Waals surface area (Å²) >= 11 is 1.29. The van der Waals surface area contributed by atoms with E-state index in [4.69, 9.17) is 4.74 Å². The van der Waals surface area contributed by atoms with Gasteiger partial charge in [0.2, 0.25) is 0 Å². The fraction of sp³-hybridized carbons (Fsp3) is 0.185. The molecular formula is C27H22F4N4O3S. The van der Waals surface area contributed by atoms with Crippen molar-refractivity contribution in [3.05, 3.63) is 83.9 Å². The molecular weight excluding hydrogens is 536 g/mol. The third kappa shape index (κ3) is 7.23. The lowest BCUT2D eigenvalue weighted by molar-refractivity contribution is -0.139. The second kappa shape index (κ2) is 10.9. The van der Waals surface area contributed by atoms with Gasteiger partial charge in [0.15, 0.2) is 0 Å². The first-order valence-electron chi connectivity index (χ1n) is 11.5. The van der Waals surface area contributed by atoms with E-state index in [1.165, 1.54) is 24.2 Å². The summed E-state index contributed by atoms with van der Waals surface area (Å²) in [5.74, 6) is -1.81. The number of aromatic nitrogens is 2. The Morgan fingerprint density at radius 2 is 1.69 bits per heavy atom. The van der Waals surface area contributed by atoms with Crippen LogP contribution in [0.5, 0.6) is 0 Å². The molecule has 0 unspecified atom stereocenters. The smallest absolute Gasteiger partial charge is 0.419 e. The number of alkyl halides is 3. The molecule has 2 N–H and O–H groups in total. The molecule has 2 amide bonds. The molecule has 0 aliphatic rings. The fourth-order valence-electron chi connectivity index (χ4n) is 3.53. The molecule has 1 aromatic heterocycles. The van der Waals surface area contributed by atoms with E-state index >= 15 is 0 Å². The summed E-state index contributed by atoms with van der Waals surface area (Å²) in [5.41, 5.74) is -2.08. The minimum absolute atomic E-state index is 0.183. The number of nitrogens with one attached hydrogen (secondary N) is 2. The van der Waals surface area contributed by atoms with Gasteiger partial charge in [-0.15, -0.1) is 0 Å². The molecule has 0 bridgehead atoms. The van der Waals surface area contributed by atoms with Crippen LogP contribution < -0.4 is 10.6 Å². The van der Waals surface area contributed by atoms with Crippen molar-refractivity contribution in [2.24, 2.45) is 0 Å². The number of carbonyl (C=O) groups excluding carboxylic acids is 2. The van der Waals surface area contributed by atoms with Crippen LogP contribution in [0.15, 0.2) is 76.9 Å². The Hall–Kier alpha value is -4.19. The molecule has 12 heteroatoms. The maximum Gasteiger partial charge on any atom is 0.419 e. The van der Waals surface area contributed by atoms with Crippen molar-refractivity contribution < 1.29 is 31.9 Å². The zero-order valence-electron chi connectivity index (χ0n) is 20.9. The van der Waals surface area contributed by atoms with Gasteiger partial charge in [0.25, 0.3) is 5.91 Å². The minimum Gasteiger partial charge on any atom is -0.444 e. The van der Waals surface area contributed by atoms with Crippen molar-refractivity contribution in [1.29, 1.82) is 0 Å². The van der Waals surface area contributed by atoms with Crippen molar-refractivity contribution in [2.75, 3.05) is 10.6 Å². The van der Waals surface area contributed by atoms with Crippen molar-refractivity contribution in [2.45, 2.75) is 42.5 Å². The van der Waals surface area contributed by atoms with Gasteiger partial charge in [0.1, 0.15) is 28.6 Å². The summed E-state index contributed by atoms with van der Waals surface area (Å²) in [6.07, 6.45) is -4.24. The molecule has 0 atom stereocenters. The van der Waals surface area contributed by atoms with E-state index in [1.54, 1.807) is 51.1 Å². The summed E-state index contributed by atoms with van der Waals surface area (Å²) in [6.45, 7) is 5.24. The summed E-state index contributed by atoms with van der Waals surface area (Å²) in [6, 6.07) is 14.1. The first-order chi connectivity index (χ1) is 18.3. The van der Waals surface area contributed by atoms with E-state index < -0.39 is 35.2 Å². The van der Waals surface area contributed by atoms with Gasteiger partial charge in [-0.3, -0.25) is 10.1 Å². The Balaban J connectivity index is 1.52. The molecule has 4 rings (SSSR count). The summed E-state index contributed by atoms with van der Waals surface area (Å²) in [4.78, 5) is 33.9. The number of amides is 2. The molecule has 0 aliphatic heterocycles. The zero-order chi connectivity index (χ0) is 28.4. The lowest BCUT2D eigenvalue weighted by atomic mass is 10.0. The predicted octanol–water partition coefficient (Wildman–Crippen LogP) is 7.54. The number of benzene rings is 3. The second-order valence-corrected chi connectivity index (χ2v) is 10.4.